The summed E-state index contributed by atoms with van der Waals surface area (Å²) in [6.45, 7) is 4.10. The van der Waals surface area contributed by atoms with E-state index in [2.05, 4.69) is 11.9 Å². The molecule has 17 heavy (non-hydrogen) atoms. The van der Waals surface area contributed by atoms with Crippen molar-refractivity contribution in [3.63, 3.8) is 0 Å². The van der Waals surface area contributed by atoms with Gasteiger partial charge in [0.05, 0.1) is 17.4 Å². The van der Waals surface area contributed by atoms with E-state index in [1.54, 1.807) is 11.9 Å². The summed E-state index contributed by atoms with van der Waals surface area (Å²) in [4.78, 5) is 17.7. The fraction of sp³-hybridized carbons (Fsp3) is 0.500. The van der Waals surface area contributed by atoms with E-state index in [1.165, 1.54) is 12.3 Å². The molecule has 1 aromatic heterocycles. The van der Waals surface area contributed by atoms with E-state index in [-0.39, 0.29) is 17.1 Å². The van der Waals surface area contributed by atoms with Crippen LogP contribution < -0.4 is 5.73 Å². The van der Waals surface area contributed by atoms with Crippen molar-refractivity contribution in [1.82, 2.24) is 9.88 Å². The third-order valence-corrected chi connectivity index (χ3v) is 3.03. The number of nitrogens with zero attached hydrogens (tertiary/aromatic N) is 2. The van der Waals surface area contributed by atoms with Crippen LogP contribution in [-0.2, 0) is 0 Å². The molecule has 5 heteroatoms. The van der Waals surface area contributed by atoms with Crippen LogP contribution in [0.1, 0.15) is 37.0 Å². The molecule has 1 rings (SSSR count). The molecule has 0 aliphatic heterocycles. The van der Waals surface area contributed by atoms with Crippen LogP contribution in [0.25, 0.3) is 0 Å². The van der Waals surface area contributed by atoms with Crippen LogP contribution >= 0.6 is 11.6 Å². The fourth-order valence-corrected chi connectivity index (χ4v) is 1.79. The van der Waals surface area contributed by atoms with Crippen molar-refractivity contribution >= 4 is 23.2 Å². The second-order valence-electron chi connectivity index (χ2n) is 4.15. The van der Waals surface area contributed by atoms with Crippen LogP contribution in [0.5, 0.6) is 0 Å². The lowest BCUT2D eigenvalue weighted by atomic mass is 10.1. The lowest BCUT2D eigenvalue weighted by Crippen LogP contribution is -2.35. The second kappa shape index (κ2) is 5.87. The van der Waals surface area contributed by atoms with Gasteiger partial charge in [0.15, 0.2) is 0 Å². The summed E-state index contributed by atoms with van der Waals surface area (Å²) < 4.78 is 0. The molecule has 0 fully saturated rings. The number of rotatable bonds is 4. The number of pyridine rings is 1. The number of hydrogen-bond acceptors (Lipinski definition) is 3. The van der Waals surface area contributed by atoms with Crippen molar-refractivity contribution in [2.75, 3.05) is 12.8 Å². The molecule has 94 valence electrons. The Morgan fingerprint density at radius 3 is 2.88 bits per heavy atom. The maximum absolute atomic E-state index is 12.2. The van der Waals surface area contributed by atoms with Crippen molar-refractivity contribution in [2.24, 2.45) is 0 Å². The molecule has 1 unspecified atom stereocenters. The molecule has 2 N–H and O–H groups in total. The van der Waals surface area contributed by atoms with Gasteiger partial charge in [-0.05, 0) is 19.4 Å². The maximum Gasteiger partial charge on any atom is 0.256 e. The first-order chi connectivity index (χ1) is 7.97. The Hall–Kier alpha value is -1.29. The number of halogens is 1. The first-order valence-corrected chi connectivity index (χ1v) is 6.03. The summed E-state index contributed by atoms with van der Waals surface area (Å²) in [6, 6.07) is 1.69. The van der Waals surface area contributed by atoms with Gasteiger partial charge >= 0.3 is 0 Å². The molecule has 1 heterocycles. The molecule has 0 aliphatic carbocycles. The lowest BCUT2D eigenvalue weighted by molar-refractivity contribution is 0.0737. The summed E-state index contributed by atoms with van der Waals surface area (Å²) in [5, 5.41) is 0.277. The molecule has 1 atom stereocenters. The van der Waals surface area contributed by atoms with Gasteiger partial charge in [0, 0.05) is 13.1 Å². The summed E-state index contributed by atoms with van der Waals surface area (Å²) in [7, 11) is 1.77. The highest BCUT2D eigenvalue weighted by Gasteiger charge is 2.19. The Labute approximate surface area is 107 Å². The predicted octanol–water partition coefficient (Wildman–Crippen LogP) is 2.58. The number of carbonyl (C=O) groups is 1. The third kappa shape index (κ3) is 3.33. The number of nitrogens with two attached hydrogens (primary N) is 1. The molecule has 0 bridgehead atoms. The molecule has 0 spiro atoms. The van der Waals surface area contributed by atoms with Crippen LogP contribution in [0.2, 0.25) is 5.15 Å². The molecule has 0 aliphatic rings. The van der Waals surface area contributed by atoms with Crippen molar-refractivity contribution in [1.29, 1.82) is 0 Å². The highest BCUT2D eigenvalue weighted by molar-refractivity contribution is 6.29. The summed E-state index contributed by atoms with van der Waals surface area (Å²) in [6.07, 6.45) is 3.40. The van der Waals surface area contributed by atoms with E-state index in [9.17, 15) is 4.79 Å². The number of amides is 1. The molecule has 1 amide bonds. The third-order valence-electron chi connectivity index (χ3n) is 2.82. The van der Waals surface area contributed by atoms with E-state index >= 15 is 0 Å². The first-order valence-electron chi connectivity index (χ1n) is 5.65. The van der Waals surface area contributed by atoms with Gasteiger partial charge in [0.25, 0.3) is 5.91 Å². The van der Waals surface area contributed by atoms with Gasteiger partial charge in [-0.2, -0.15) is 0 Å². The van der Waals surface area contributed by atoms with E-state index in [4.69, 9.17) is 17.3 Å². The summed E-state index contributed by atoms with van der Waals surface area (Å²) >= 11 is 5.77. The number of hydrogen-bond donors (Lipinski definition) is 1. The molecular weight excluding hydrogens is 238 g/mol. The van der Waals surface area contributed by atoms with E-state index in [1.807, 2.05) is 6.92 Å². The van der Waals surface area contributed by atoms with Gasteiger partial charge in [0.1, 0.15) is 5.15 Å². The minimum Gasteiger partial charge on any atom is -0.397 e. The number of nitrogen functional groups attached to an aromatic ring is 1. The van der Waals surface area contributed by atoms with Crippen molar-refractivity contribution in [3.8, 4) is 0 Å². The standard InChI is InChI=1S/C12H18ClN3O/c1-4-5-8(2)16(3)12(17)9-6-11(13)15-7-10(9)14/h6-8H,4-5,14H2,1-3H3. The Morgan fingerprint density at radius 2 is 2.29 bits per heavy atom. The predicted molar refractivity (Wildman–Crippen MR) is 70.1 cm³/mol. The molecule has 0 aromatic carbocycles. The van der Waals surface area contributed by atoms with Gasteiger partial charge in [-0.15, -0.1) is 0 Å². The van der Waals surface area contributed by atoms with E-state index in [0.29, 0.717) is 11.3 Å². The Kier molecular flexibility index (Phi) is 4.75. The van der Waals surface area contributed by atoms with Gasteiger partial charge in [-0.1, -0.05) is 24.9 Å². The van der Waals surface area contributed by atoms with Gasteiger partial charge in [0.2, 0.25) is 0 Å². The van der Waals surface area contributed by atoms with Crippen LogP contribution in [-0.4, -0.2) is 28.9 Å². The highest BCUT2D eigenvalue weighted by atomic mass is 35.5. The maximum atomic E-state index is 12.2. The first kappa shape index (κ1) is 13.8. The average Bonchev–Trinajstić information content (AvgIpc) is 2.30. The zero-order chi connectivity index (χ0) is 13.0. The smallest absolute Gasteiger partial charge is 0.256 e. The van der Waals surface area contributed by atoms with Gasteiger partial charge in [-0.3, -0.25) is 4.79 Å². The number of anilines is 1. The zero-order valence-electron chi connectivity index (χ0n) is 10.4. The Bertz CT molecular complexity index is 409. The molecule has 0 saturated heterocycles. The summed E-state index contributed by atoms with van der Waals surface area (Å²) in [5.74, 6) is -0.118. The van der Waals surface area contributed by atoms with Crippen molar-refractivity contribution in [2.45, 2.75) is 32.7 Å². The fourth-order valence-electron chi connectivity index (χ4n) is 1.63. The van der Waals surface area contributed by atoms with Crippen LogP contribution in [0, 0.1) is 0 Å². The molecule has 1 aromatic rings. The topological polar surface area (TPSA) is 59.2 Å². The van der Waals surface area contributed by atoms with Crippen LogP contribution in [0.3, 0.4) is 0 Å². The van der Waals surface area contributed by atoms with Crippen LogP contribution in [0.4, 0.5) is 5.69 Å². The lowest BCUT2D eigenvalue weighted by Gasteiger charge is -2.25. The normalized spacial score (nSPS) is 12.2. The van der Waals surface area contributed by atoms with Crippen molar-refractivity contribution < 1.29 is 4.79 Å². The van der Waals surface area contributed by atoms with Crippen molar-refractivity contribution in [3.05, 3.63) is 23.0 Å². The van der Waals surface area contributed by atoms with Gasteiger partial charge < -0.3 is 10.6 Å². The average molecular weight is 256 g/mol. The van der Waals surface area contributed by atoms with Crippen LogP contribution in [0.15, 0.2) is 12.3 Å². The second-order valence-corrected chi connectivity index (χ2v) is 4.54. The Balaban J connectivity index is 2.92. The highest BCUT2D eigenvalue weighted by Crippen LogP contribution is 2.18. The van der Waals surface area contributed by atoms with E-state index < -0.39 is 0 Å². The molecule has 4 nitrogen and oxygen atoms in total. The molecule has 0 saturated carbocycles. The SMILES string of the molecule is CCCC(C)N(C)C(=O)c1cc(Cl)ncc1N. The summed E-state index contributed by atoms with van der Waals surface area (Å²) in [5.41, 5.74) is 6.50. The van der Waals surface area contributed by atoms with Gasteiger partial charge in [-0.25, -0.2) is 4.98 Å². The Morgan fingerprint density at radius 1 is 1.65 bits per heavy atom. The quantitative estimate of drug-likeness (QED) is 0.842. The zero-order valence-corrected chi connectivity index (χ0v) is 11.2. The van der Waals surface area contributed by atoms with E-state index in [0.717, 1.165) is 12.8 Å². The number of aromatic nitrogens is 1. The number of carbonyl (C=O) groups excluding carboxylic acids is 1. The monoisotopic (exact) mass is 255 g/mol. The minimum atomic E-state index is -0.118. The molecule has 0 radical (unpaired) electrons. The molecular formula is C12H18ClN3O. The minimum absolute atomic E-state index is 0.118. The largest absolute Gasteiger partial charge is 0.397 e.